The van der Waals surface area contributed by atoms with E-state index in [9.17, 15) is 4.39 Å². The number of hydrazine groups is 1. The molecule has 0 radical (unpaired) electrons. The first-order valence-corrected chi connectivity index (χ1v) is 5.20. The molecule has 1 aliphatic rings. The van der Waals surface area contributed by atoms with Gasteiger partial charge in [-0.25, -0.2) is 9.40 Å². The van der Waals surface area contributed by atoms with Gasteiger partial charge in [-0.15, -0.1) is 0 Å². The normalized spacial score (nSPS) is 19.1. The molecule has 82 valence electrons. The van der Waals surface area contributed by atoms with Crippen molar-refractivity contribution in [3.8, 4) is 0 Å². The van der Waals surface area contributed by atoms with E-state index in [2.05, 4.69) is 22.4 Å². The third-order valence-electron chi connectivity index (χ3n) is 2.66. The van der Waals surface area contributed by atoms with Gasteiger partial charge in [-0.1, -0.05) is 12.1 Å². The minimum atomic E-state index is -0.198. The highest BCUT2D eigenvalue weighted by molar-refractivity contribution is 5.43. The monoisotopic (exact) mass is 209 g/mol. The van der Waals surface area contributed by atoms with Crippen molar-refractivity contribution < 1.29 is 4.39 Å². The Kier molecular flexibility index (Phi) is 3.18. The number of benzene rings is 1. The molecule has 1 aliphatic heterocycles. The van der Waals surface area contributed by atoms with Crippen LogP contribution in [0.1, 0.15) is 0 Å². The first kappa shape index (κ1) is 10.4. The van der Waals surface area contributed by atoms with Crippen molar-refractivity contribution in [2.24, 2.45) is 0 Å². The summed E-state index contributed by atoms with van der Waals surface area (Å²) < 4.78 is 13.3. The molecule has 1 fully saturated rings. The molecule has 0 spiro atoms. The molecule has 1 aromatic carbocycles. The van der Waals surface area contributed by atoms with Gasteiger partial charge in [0.15, 0.2) is 0 Å². The van der Waals surface area contributed by atoms with Crippen LogP contribution in [0.25, 0.3) is 0 Å². The number of hydrogen-bond donors (Lipinski definition) is 1. The lowest BCUT2D eigenvalue weighted by molar-refractivity contribution is 0.178. The second kappa shape index (κ2) is 4.59. The summed E-state index contributed by atoms with van der Waals surface area (Å²) in [5.74, 6) is -0.198. The Morgan fingerprint density at radius 1 is 1.13 bits per heavy atom. The van der Waals surface area contributed by atoms with E-state index in [0.717, 1.165) is 26.2 Å². The Morgan fingerprint density at radius 3 is 2.47 bits per heavy atom. The van der Waals surface area contributed by atoms with Gasteiger partial charge in [0.05, 0.1) is 5.69 Å². The lowest BCUT2D eigenvalue weighted by Gasteiger charge is -2.33. The zero-order chi connectivity index (χ0) is 10.7. The number of rotatable bonds is 2. The van der Waals surface area contributed by atoms with Crippen molar-refractivity contribution >= 4 is 5.69 Å². The van der Waals surface area contributed by atoms with Crippen LogP contribution < -0.4 is 5.43 Å². The van der Waals surface area contributed by atoms with Crippen molar-refractivity contribution in [2.75, 3.05) is 38.7 Å². The molecule has 1 heterocycles. The fraction of sp³-hybridized carbons (Fsp3) is 0.455. The van der Waals surface area contributed by atoms with Crippen LogP contribution in [0.2, 0.25) is 0 Å². The average molecular weight is 209 g/mol. The summed E-state index contributed by atoms with van der Waals surface area (Å²) >= 11 is 0. The maximum absolute atomic E-state index is 13.3. The highest BCUT2D eigenvalue weighted by atomic mass is 19.1. The fourth-order valence-corrected chi connectivity index (χ4v) is 1.64. The molecule has 0 saturated carbocycles. The summed E-state index contributed by atoms with van der Waals surface area (Å²) in [5, 5.41) is 2.05. The second-order valence-corrected chi connectivity index (χ2v) is 3.88. The first-order valence-electron chi connectivity index (χ1n) is 5.20. The van der Waals surface area contributed by atoms with Gasteiger partial charge in [0, 0.05) is 26.2 Å². The molecule has 1 N–H and O–H groups in total. The summed E-state index contributed by atoms with van der Waals surface area (Å²) in [5.41, 5.74) is 3.66. The van der Waals surface area contributed by atoms with Crippen LogP contribution in [0.4, 0.5) is 10.1 Å². The molecule has 4 heteroatoms. The van der Waals surface area contributed by atoms with E-state index in [0.29, 0.717) is 5.69 Å². The lowest BCUT2D eigenvalue weighted by atomic mass is 10.3. The van der Waals surface area contributed by atoms with Crippen LogP contribution >= 0.6 is 0 Å². The molecule has 1 aromatic rings. The van der Waals surface area contributed by atoms with Crippen LogP contribution in [-0.2, 0) is 0 Å². The van der Waals surface area contributed by atoms with Gasteiger partial charge in [0.2, 0.25) is 0 Å². The number of para-hydroxylation sites is 1. The maximum Gasteiger partial charge on any atom is 0.147 e. The van der Waals surface area contributed by atoms with Crippen molar-refractivity contribution in [2.45, 2.75) is 0 Å². The predicted molar refractivity (Wildman–Crippen MR) is 59.1 cm³/mol. The molecule has 0 amide bonds. The van der Waals surface area contributed by atoms with Gasteiger partial charge < -0.3 is 10.3 Å². The van der Waals surface area contributed by atoms with Gasteiger partial charge in [-0.3, -0.25) is 0 Å². The fourth-order valence-electron chi connectivity index (χ4n) is 1.64. The smallest absolute Gasteiger partial charge is 0.147 e. The minimum absolute atomic E-state index is 0.198. The Bertz CT molecular complexity index is 321. The van der Waals surface area contributed by atoms with Gasteiger partial charge in [-0.2, -0.15) is 0 Å². The van der Waals surface area contributed by atoms with Crippen molar-refractivity contribution in [1.82, 2.24) is 9.91 Å². The first-order chi connectivity index (χ1) is 7.25. The van der Waals surface area contributed by atoms with Crippen molar-refractivity contribution in [3.05, 3.63) is 30.1 Å². The standard InChI is InChI=1S/C11H16FN3/c1-14-6-8-15(9-7-14)13-11-5-3-2-4-10(11)12/h2-5,13H,6-9H2,1H3. The summed E-state index contributed by atoms with van der Waals surface area (Å²) in [6, 6.07) is 6.76. The third-order valence-corrected chi connectivity index (χ3v) is 2.66. The zero-order valence-corrected chi connectivity index (χ0v) is 8.91. The van der Waals surface area contributed by atoms with Crippen LogP contribution in [0, 0.1) is 5.82 Å². The van der Waals surface area contributed by atoms with Crippen LogP contribution in [0.3, 0.4) is 0 Å². The minimum Gasteiger partial charge on any atom is -0.316 e. The molecule has 0 aromatic heterocycles. The molecule has 0 aliphatic carbocycles. The van der Waals surface area contributed by atoms with Crippen LogP contribution in [0.5, 0.6) is 0 Å². The summed E-state index contributed by atoms with van der Waals surface area (Å²) in [4.78, 5) is 2.26. The zero-order valence-electron chi connectivity index (χ0n) is 8.91. The Balaban J connectivity index is 1.95. The number of nitrogens with one attached hydrogen (secondary N) is 1. The molecule has 15 heavy (non-hydrogen) atoms. The number of anilines is 1. The van der Waals surface area contributed by atoms with E-state index in [1.54, 1.807) is 12.1 Å². The van der Waals surface area contributed by atoms with E-state index in [1.807, 2.05) is 6.07 Å². The Hall–Kier alpha value is -1.13. The summed E-state index contributed by atoms with van der Waals surface area (Å²) in [6.45, 7) is 3.87. The van der Waals surface area contributed by atoms with E-state index < -0.39 is 0 Å². The summed E-state index contributed by atoms with van der Waals surface area (Å²) in [6.07, 6.45) is 0. The summed E-state index contributed by atoms with van der Waals surface area (Å²) in [7, 11) is 2.10. The Morgan fingerprint density at radius 2 is 1.80 bits per heavy atom. The maximum atomic E-state index is 13.3. The lowest BCUT2D eigenvalue weighted by Crippen LogP contribution is -2.47. The highest BCUT2D eigenvalue weighted by Crippen LogP contribution is 2.13. The molecular weight excluding hydrogens is 193 g/mol. The van der Waals surface area contributed by atoms with Gasteiger partial charge in [0.1, 0.15) is 5.82 Å². The Labute approximate surface area is 89.5 Å². The van der Waals surface area contributed by atoms with Crippen LogP contribution in [-0.4, -0.2) is 43.1 Å². The van der Waals surface area contributed by atoms with E-state index >= 15 is 0 Å². The van der Waals surface area contributed by atoms with Gasteiger partial charge >= 0.3 is 0 Å². The molecule has 0 atom stereocenters. The molecule has 0 unspecified atom stereocenters. The van der Waals surface area contributed by atoms with Crippen molar-refractivity contribution in [1.29, 1.82) is 0 Å². The quantitative estimate of drug-likeness (QED) is 0.794. The SMILES string of the molecule is CN1CCN(Nc2ccccc2F)CC1. The number of likely N-dealkylation sites (N-methyl/N-ethyl adjacent to an activating group) is 1. The molecule has 0 bridgehead atoms. The second-order valence-electron chi connectivity index (χ2n) is 3.88. The van der Waals surface area contributed by atoms with Gasteiger partial charge in [0.25, 0.3) is 0 Å². The average Bonchev–Trinajstić information content (AvgIpc) is 2.25. The third kappa shape index (κ3) is 2.67. The number of halogens is 1. The molecule has 2 rings (SSSR count). The van der Waals surface area contributed by atoms with Gasteiger partial charge in [-0.05, 0) is 19.2 Å². The van der Waals surface area contributed by atoms with E-state index in [-0.39, 0.29) is 5.82 Å². The van der Waals surface area contributed by atoms with Crippen LogP contribution in [0.15, 0.2) is 24.3 Å². The van der Waals surface area contributed by atoms with Crippen molar-refractivity contribution in [3.63, 3.8) is 0 Å². The van der Waals surface area contributed by atoms with E-state index in [4.69, 9.17) is 0 Å². The molecule has 3 nitrogen and oxygen atoms in total. The highest BCUT2D eigenvalue weighted by Gasteiger charge is 2.14. The number of hydrogen-bond acceptors (Lipinski definition) is 3. The largest absolute Gasteiger partial charge is 0.316 e. The predicted octanol–water partition coefficient (Wildman–Crippen LogP) is 1.40. The van der Waals surface area contributed by atoms with E-state index in [1.165, 1.54) is 6.07 Å². The number of nitrogens with zero attached hydrogens (tertiary/aromatic N) is 2. The molecule has 1 saturated heterocycles. The molecular formula is C11H16FN3. The topological polar surface area (TPSA) is 18.5 Å². The number of piperazine rings is 1.